The number of hydrogen-bond acceptors (Lipinski definition) is 5. The van der Waals surface area contributed by atoms with E-state index in [4.69, 9.17) is 0 Å². The number of imide groups is 1. The highest BCUT2D eigenvalue weighted by Gasteiger charge is 2.46. The highest BCUT2D eigenvalue weighted by Crippen LogP contribution is 2.48. The van der Waals surface area contributed by atoms with Crippen LogP contribution in [0.5, 0.6) is 0 Å². The van der Waals surface area contributed by atoms with E-state index >= 15 is 0 Å². The Balaban J connectivity index is 1.19. The Morgan fingerprint density at radius 2 is 1.94 bits per heavy atom. The summed E-state index contributed by atoms with van der Waals surface area (Å²) in [4.78, 5) is 45.3. The molecular weight excluding hydrogens is 404 g/mol. The van der Waals surface area contributed by atoms with Gasteiger partial charge in [-0.2, -0.15) is 0 Å². The van der Waals surface area contributed by atoms with Gasteiger partial charge < -0.3 is 4.90 Å². The van der Waals surface area contributed by atoms with Crippen LogP contribution in [0.4, 0.5) is 0 Å². The van der Waals surface area contributed by atoms with Gasteiger partial charge in [-0.25, -0.2) is 0 Å². The van der Waals surface area contributed by atoms with E-state index in [0.717, 1.165) is 23.4 Å². The highest BCUT2D eigenvalue weighted by molar-refractivity contribution is 6.05. The third kappa shape index (κ3) is 3.23. The Kier molecular flexibility index (Phi) is 4.43. The number of aromatic nitrogens is 1. The minimum absolute atomic E-state index is 0.148. The van der Waals surface area contributed by atoms with Crippen molar-refractivity contribution in [3.05, 3.63) is 53.2 Å². The zero-order valence-electron chi connectivity index (χ0n) is 18.0. The summed E-state index contributed by atoms with van der Waals surface area (Å²) >= 11 is 0. The van der Waals surface area contributed by atoms with E-state index in [1.54, 1.807) is 4.90 Å². The minimum Gasteiger partial charge on any atom is -0.322 e. The Labute approximate surface area is 186 Å². The molecule has 1 aromatic carbocycles. The number of likely N-dealkylation sites (tertiary alicyclic amines) is 1. The second kappa shape index (κ2) is 7.24. The lowest BCUT2D eigenvalue weighted by Gasteiger charge is -2.56. The van der Waals surface area contributed by atoms with E-state index in [2.05, 4.69) is 27.3 Å². The van der Waals surface area contributed by atoms with Crippen molar-refractivity contribution in [3.8, 4) is 11.3 Å². The van der Waals surface area contributed by atoms with Gasteiger partial charge in [0.05, 0.1) is 5.69 Å². The minimum atomic E-state index is -0.590. The van der Waals surface area contributed by atoms with Crippen molar-refractivity contribution >= 4 is 17.7 Å². The molecule has 32 heavy (non-hydrogen) atoms. The quantitative estimate of drug-likeness (QED) is 0.754. The molecule has 1 unspecified atom stereocenters. The SMILES string of the molecule is O=C1CCC(N2Cc3cc(-c4cc(CN5CC6(CCC6)C5)ccn4)ccc3C2=O)C(=O)N1. The Morgan fingerprint density at radius 1 is 1.09 bits per heavy atom. The first-order chi connectivity index (χ1) is 15.5. The third-order valence-corrected chi connectivity index (χ3v) is 7.58. The van der Waals surface area contributed by atoms with Crippen LogP contribution in [-0.4, -0.2) is 51.6 Å². The zero-order chi connectivity index (χ0) is 21.9. The summed E-state index contributed by atoms with van der Waals surface area (Å²) in [6.45, 7) is 3.75. The number of carbonyl (C=O) groups is 3. The number of benzene rings is 1. The van der Waals surface area contributed by atoms with Crippen molar-refractivity contribution < 1.29 is 14.4 Å². The summed E-state index contributed by atoms with van der Waals surface area (Å²) in [5, 5.41) is 2.35. The maximum absolute atomic E-state index is 12.9. The maximum Gasteiger partial charge on any atom is 0.255 e. The first kappa shape index (κ1) is 19.6. The van der Waals surface area contributed by atoms with Crippen LogP contribution in [-0.2, 0) is 22.7 Å². The lowest BCUT2D eigenvalue weighted by Crippen LogP contribution is -2.58. The van der Waals surface area contributed by atoms with Crippen LogP contribution < -0.4 is 5.32 Å². The average molecular weight is 431 g/mol. The van der Waals surface area contributed by atoms with Gasteiger partial charge in [0.2, 0.25) is 11.8 Å². The number of carbonyl (C=O) groups excluding carboxylic acids is 3. The molecule has 3 amide bonds. The first-order valence-electron chi connectivity index (χ1n) is 11.5. The molecule has 0 radical (unpaired) electrons. The highest BCUT2D eigenvalue weighted by atomic mass is 16.2. The van der Waals surface area contributed by atoms with Crippen LogP contribution in [0.15, 0.2) is 36.5 Å². The van der Waals surface area contributed by atoms with Gasteiger partial charge in [0.25, 0.3) is 5.91 Å². The summed E-state index contributed by atoms with van der Waals surface area (Å²) in [6.07, 6.45) is 6.64. The Hall–Kier alpha value is -3.06. The topological polar surface area (TPSA) is 82.6 Å². The first-order valence-corrected chi connectivity index (χ1v) is 11.5. The largest absolute Gasteiger partial charge is 0.322 e. The summed E-state index contributed by atoms with van der Waals surface area (Å²) in [5.41, 5.74) is 5.28. The van der Waals surface area contributed by atoms with E-state index < -0.39 is 6.04 Å². The molecule has 1 spiro atoms. The molecule has 0 bridgehead atoms. The molecule has 164 valence electrons. The molecule has 6 rings (SSSR count). The van der Waals surface area contributed by atoms with Crippen molar-refractivity contribution in [3.63, 3.8) is 0 Å². The number of amides is 3. The van der Waals surface area contributed by atoms with Crippen molar-refractivity contribution in [1.82, 2.24) is 20.1 Å². The van der Waals surface area contributed by atoms with Gasteiger partial charge in [0.15, 0.2) is 0 Å². The molecule has 7 heteroatoms. The van der Waals surface area contributed by atoms with Crippen LogP contribution in [0.2, 0.25) is 0 Å². The van der Waals surface area contributed by atoms with Crippen LogP contribution in [0.1, 0.15) is 53.6 Å². The molecule has 1 saturated carbocycles. The normalized spacial score (nSPS) is 24.2. The van der Waals surface area contributed by atoms with Crippen molar-refractivity contribution in [2.75, 3.05) is 13.1 Å². The molecule has 1 N–H and O–H groups in total. The summed E-state index contributed by atoms with van der Waals surface area (Å²) in [6, 6.07) is 9.41. The van der Waals surface area contributed by atoms with Gasteiger partial charge in [-0.1, -0.05) is 12.5 Å². The lowest BCUT2D eigenvalue weighted by molar-refractivity contribution is -0.136. The van der Waals surface area contributed by atoms with E-state index in [0.29, 0.717) is 23.9 Å². The lowest BCUT2D eigenvalue weighted by atomic mass is 9.63. The molecule has 1 aromatic heterocycles. The molecule has 7 nitrogen and oxygen atoms in total. The second-order valence-corrected chi connectivity index (χ2v) is 9.82. The van der Waals surface area contributed by atoms with Gasteiger partial charge in [0.1, 0.15) is 6.04 Å². The number of nitrogens with one attached hydrogen (secondary N) is 1. The molecule has 4 heterocycles. The van der Waals surface area contributed by atoms with Gasteiger partial charge in [-0.3, -0.25) is 29.6 Å². The Bertz CT molecular complexity index is 1130. The van der Waals surface area contributed by atoms with E-state index in [-0.39, 0.29) is 24.1 Å². The standard InChI is InChI=1S/C25H26N4O3/c30-22-5-4-21(23(31)27-22)29-13-18-11-17(2-3-19(18)24(29)32)20-10-16(6-9-26-20)12-28-14-25(15-28)7-1-8-25/h2-3,6,9-11,21H,1,4-5,7-8,12-15H2,(H,27,30,31). The fraction of sp³-hybridized carbons (Fsp3) is 0.440. The van der Waals surface area contributed by atoms with Crippen molar-refractivity contribution in [2.45, 2.75) is 51.2 Å². The number of nitrogens with zero attached hydrogens (tertiary/aromatic N) is 3. The number of pyridine rings is 1. The van der Waals surface area contributed by atoms with Gasteiger partial charge >= 0.3 is 0 Å². The predicted octanol–water partition coefficient (Wildman–Crippen LogP) is 2.50. The summed E-state index contributed by atoms with van der Waals surface area (Å²) in [5.74, 6) is -0.804. The van der Waals surface area contributed by atoms with Crippen LogP contribution in [0, 0.1) is 5.41 Å². The Morgan fingerprint density at radius 3 is 2.69 bits per heavy atom. The van der Waals surface area contributed by atoms with Crippen LogP contribution >= 0.6 is 0 Å². The molecule has 3 aliphatic heterocycles. The molecule has 2 aromatic rings. The summed E-state index contributed by atoms with van der Waals surface area (Å²) in [7, 11) is 0. The smallest absolute Gasteiger partial charge is 0.255 e. The average Bonchev–Trinajstić information content (AvgIpc) is 3.05. The number of hydrogen-bond donors (Lipinski definition) is 1. The van der Waals surface area contributed by atoms with Gasteiger partial charge in [-0.05, 0) is 60.1 Å². The monoisotopic (exact) mass is 430 g/mol. The molecule has 4 aliphatic rings. The predicted molar refractivity (Wildman–Crippen MR) is 117 cm³/mol. The van der Waals surface area contributed by atoms with Crippen LogP contribution in [0.3, 0.4) is 0 Å². The second-order valence-electron chi connectivity index (χ2n) is 9.82. The van der Waals surface area contributed by atoms with Crippen LogP contribution in [0.25, 0.3) is 11.3 Å². The fourth-order valence-corrected chi connectivity index (χ4v) is 5.73. The van der Waals surface area contributed by atoms with Gasteiger partial charge in [-0.15, -0.1) is 0 Å². The van der Waals surface area contributed by atoms with E-state index in [1.165, 1.54) is 37.9 Å². The molecule has 3 fully saturated rings. The van der Waals surface area contributed by atoms with Crippen molar-refractivity contribution in [2.24, 2.45) is 5.41 Å². The maximum atomic E-state index is 12.9. The van der Waals surface area contributed by atoms with E-state index in [9.17, 15) is 14.4 Å². The van der Waals surface area contributed by atoms with E-state index in [1.807, 2.05) is 24.4 Å². The molecule has 2 saturated heterocycles. The number of rotatable bonds is 4. The summed E-state index contributed by atoms with van der Waals surface area (Å²) < 4.78 is 0. The fourth-order valence-electron chi connectivity index (χ4n) is 5.73. The third-order valence-electron chi connectivity index (χ3n) is 7.58. The molecule has 1 atom stereocenters. The number of piperidine rings is 1. The number of fused-ring (bicyclic) bond motifs is 1. The zero-order valence-corrected chi connectivity index (χ0v) is 18.0. The molecule has 1 aliphatic carbocycles. The van der Waals surface area contributed by atoms with Gasteiger partial charge in [0, 0.05) is 49.9 Å². The molecular formula is C25H26N4O3. The van der Waals surface area contributed by atoms with Crippen molar-refractivity contribution in [1.29, 1.82) is 0 Å².